The zero-order valence-electron chi connectivity index (χ0n) is 8.55. The molecule has 0 fully saturated rings. The van der Waals surface area contributed by atoms with Crippen molar-refractivity contribution in [3.63, 3.8) is 0 Å². The lowest BCUT2D eigenvalue weighted by molar-refractivity contribution is 0.476. The maximum Gasteiger partial charge on any atom is 0.223 e. The van der Waals surface area contributed by atoms with E-state index in [0.29, 0.717) is 11.2 Å². The summed E-state index contributed by atoms with van der Waals surface area (Å²) < 4.78 is 0. The van der Waals surface area contributed by atoms with Crippen LogP contribution in [0.5, 0.6) is 5.75 Å². The van der Waals surface area contributed by atoms with Gasteiger partial charge in [-0.2, -0.15) is 5.10 Å². The lowest BCUT2D eigenvalue weighted by Gasteiger charge is -2.04. The summed E-state index contributed by atoms with van der Waals surface area (Å²) in [6.45, 7) is 0. The molecule has 0 aliphatic rings. The molecule has 3 rings (SSSR count). The van der Waals surface area contributed by atoms with Gasteiger partial charge in [0, 0.05) is 17.6 Å². The van der Waals surface area contributed by atoms with E-state index < -0.39 is 0 Å². The minimum atomic E-state index is 0.132. The highest BCUT2D eigenvalue weighted by atomic mass is 35.5. The molecule has 3 aromatic rings. The number of phenolic OH excluding ortho intramolecular Hbond substituents is 1. The number of nitrogens with one attached hydrogen (secondary N) is 1. The Kier molecular flexibility index (Phi) is 2.19. The molecular formula is C11H7ClN4O. The topological polar surface area (TPSA) is 74.7 Å². The summed E-state index contributed by atoms with van der Waals surface area (Å²) in [7, 11) is 0. The van der Waals surface area contributed by atoms with E-state index in [2.05, 4.69) is 20.2 Å². The second-order valence-electron chi connectivity index (χ2n) is 3.51. The van der Waals surface area contributed by atoms with Gasteiger partial charge in [0.05, 0.1) is 11.2 Å². The molecule has 0 radical (unpaired) electrons. The van der Waals surface area contributed by atoms with Gasteiger partial charge in [0.1, 0.15) is 11.4 Å². The molecule has 2 heterocycles. The van der Waals surface area contributed by atoms with Crippen molar-refractivity contribution in [3.8, 4) is 17.1 Å². The summed E-state index contributed by atoms with van der Waals surface area (Å²) in [5.41, 5.74) is 2.01. The Bertz CT molecular complexity index is 676. The highest BCUT2D eigenvalue weighted by Crippen LogP contribution is 2.27. The molecule has 0 unspecified atom stereocenters. The Hall–Kier alpha value is -2.14. The van der Waals surface area contributed by atoms with Crippen LogP contribution in [0.15, 0.2) is 30.5 Å². The Morgan fingerprint density at radius 2 is 2.06 bits per heavy atom. The number of H-pyrrole nitrogens is 1. The van der Waals surface area contributed by atoms with Crippen molar-refractivity contribution in [2.45, 2.75) is 0 Å². The van der Waals surface area contributed by atoms with Gasteiger partial charge in [-0.25, -0.2) is 9.97 Å². The number of benzene rings is 1. The molecule has 0 amide bonds. The van der Waals surface area contributed by atoms with Crippen LogP contribution in [0, 0.1) is 0 Å². The average molecular weight is 247 g/mol. The van der Waals surface area contributed by atoms with E-state index in [0.717, 1.165) is 11.1 Å². The molecule has 84 valence electrons. The van der Waals surface area contributed by atoms with Gasteiger partial charge in [-0.15, -0.1) is 0 Å². The van der Waals surface area contributed by atoms with E-state index in [1.54, 1.807) is 30.5 Å². The molecule has 0 saturated carbocycles. The quantitative estimate of drug-likeness (QED) is 0.647. The van der Waals surface area contributed by atoms with Crippen molar-refractivity contribution in [3.05, 3.63) is 35.7 Å². The van der Waals surface area contributed by atoms with E-state index in [9.17, 15) is 5.11 Å². The summed E-state index contributed by atoms with van der Waals surface area (Å²) in [5, 5.41) is 17.1. The number of aromatic nitrogens is 4. The molecule has 0 aliphatic heterocycles. The summed E-state index contributed by atoms with van der Waals surface area (Å²) in [4.78, 5) is 8.24. The van der Waals surface area contributed by atoms with Crippen LogP contribution in [0.1, 0.15) is 0 Å². The molecule has 0 bridgehead atoms. The minimum Gasteiger partial charge on any atom is -0.508 e. The summed E-state index contributed by atoms with van der Waals surface area (Å²) in [6.07, 6.45) is 1.64. The number of fused-ring (bicyclic) bond motifs is 1. The third-order valence-electron chi connectivity index (χ3n) is 2.41. The third-order valence-corrected chi connectivity index (χ3v) is 2.58. The van der Waals surface area contributed by atoms with Gasteiger partial charge >= 0.3 is 0 Å². The number of nitrogens with zero attached hydrogens (tertiary/aromatic N) is 3. The van der Waals surface area contributed by atoms with Crippen molar-refractivity contribution in [2.75, 3.05) is 0 Å². The third kappa shape index (κ3) is 1.70. The second kappa shape index (κ2) is 3.71. The SMILES string of the molecule is Oc1ccc2c(-c3ccn[nH]3)nc(Cl)nc2c1. The Morgan fingerprint density at radius 3 is 2.82 bits per heavy atom. The maximum atomic E-state index is 9.42. The molecule has 5 nitrogen and oxygen atoms in total. The summed E-state index contributed by atoms with van der Waals surface area (Å²) >= 11 is 5.85. The van der Waals surface area contributed by atoms with Gasteiger partial charge in [-0.1, -0.05) is 0 Å². The Morgan fingerprint density at radius 1 is 1.18 bits per heavy atom. The Labute approximate surface area is 101 Å². The van der Waals surface area contributed by atoms with Crippen LogP contribution in [0.2, 0.25) is 5.28 Å². The van der Waals surface area contributed by atoms with Gasteiger partial charge in [0.25, 0.3) is 0 Å². The molecule has 2 N–H and O–H groups in total. The first kappa shape index (κ1) is 10.0. The van der Waals surface area contributed by atoms with E-state index in [1.807, 2.05) is 0 Å². The van der Waals surface area contributed by atoms with Crippen molar-refractivity contribution in [1.82, 2.24) is 20.2 Å². The van der Waals surface area contributed by atoms with Gasteiger partial charge < -0.3 is 5.11 Å². The van der Waals surface area contributed by atoms with Crippen LogP contribution in [-0.4, -0.2) is 25.3 Å². The molecule has 1 aromatic carbocycles. The molecule has 0 spiro atoms. The van der Waals surface area contributed by atoms with Crippen LogP contribution >= 0.6 is 11.6 Å². The number of rotatable bonds is 1. The van der Waals surface area contributed by atoms with E-state index >= 15 is 0 Å². The first-order chi connectivity index (χ1) is 8.24. The van der Waals surface area contributed by atoms with Gasteiger partial charge in [0.2, 0.25) is 5.28 Å². The number of phenols is 1. The molecule has 0 atom stereocenters. The van der Waals surface area contributed by atoms with Crippen LogP contribution in [0.3, 0.4) is 0 Å². The predicted octanol–water partition coefficient (Wildman–Crippen LogP) is 2.38. The summed E-state index contributed by atoms with van der Waals surface area (Å²) in [5.74, 6) is 0.142. The number of hydrogen-bond donors (Lipinski definition) is 2. The molecule has 17 heavy (non-hydrogen) atoms. The van der Waals surface area contributed by atoms with Gasteiger partial charge in [-0.05, 0) is 29.8 Å². The normalized spacial score (nSPS) is 10.9. The van der Waals surface area contributed by atoms with Crippen LogP contribution in [-0.2, 0) is 0 Å². The fourth-order valence-electron chi connectivity index (χ4n) is 1.68. The fraction of sp³-hybridized carbons (Fsp3) is 0. The second-order valence-corrected chi connectivity index (χ2v) is 3.85. The molecular weight excluding hydrogens is 240 g/mol. The molecule has 0 saturated heterocycles. The van der Waals surface area contributed by atoms with Crippen LogP contribution in [0.25, 0.3) is 22.3 Å². The smallest absolute Gasteiger partial charge is 0.223 e. The lowest BCUT2D eigenvalue weighted by atomic mass is 10.1. The highest BCUT2D eigenvalue weighted by Gasteiger charge is 2.10. The van der Waals surface area contributed by atoms with Gasteiger partial charge in [0.15, 0.2) is 0 Å². The lowest BCUT2D eigenvalue weighted by Crippen LogP contribution is -1.91. The van der Waals surface area contributed by atoms with E-state index in [1.165, 1.54) is 0 Å². The highest BCUT2D eigenvalue weighted by molar-refractivity contribution is 6.28. The predicted molar refractivity (Wildman–Crippen MR) is 63.8 cm³/mol. The number of hydrogen-bond acceptors (Lipinski definition) is 4. The molecule has 6 heteroatoms. The number of aromatic hydroxyl groups is 1. The number of halogens is 1. The Balaban J connectivity index is 2.38. The standard InChI is InChI=1S/C11H7ClN4O/c12-11-14-9-5-6(17)1-2-7(9)10(15-11)8-3-4-13-16-8/h1-5,17H,(H,13,16). The fourth-order valence-corrected chi connectivity index (χ4v) is 1.86. The van der Waals surface area contributed by atoms with Crippen molar-refractivity contribution in [2.24, 2.45) is 0 Å². The maximum absolute atomic E-state index is 9.42. The summed E-state index contributed by atoms with van der Waals surface area (Å²) in [6, 6.07) is 6.67. The van der Waals surface area contributed by atoms with Crippen molar-refractivity contribution < 1.29 is 5.11 Å². The van der Waals surface area contributed by atoms with E-state index in [4.69, 9.17) is 11.6 Å². The first-order valence-electron chi connectivity index (χ1n) is 4.90. The molecule has 0 aliphatic carbocycles. The number of aromatic amines is 1. The largest absolute Gasteiger partial charge is 0.508 e. The monoisotopic (exact) mass is 246 g/mol. The first-order valence-corrected chi connectivity index (χ1v) is 5.28. The van der Waals surface area contributed by atoms with Crippen LogP contribution < -0.4 is 0 Å². The van der Waals surface area contributed by atoms with Crippen molar-refractivity contribution >= 4 is 22.5 Å². The van der Waals surface area contributed by atoms with Crippen molar-refractivity contribution in [1.29, 1.82) is 0 Å². The average Bonchev–Trinajstić information content (AvgIpc) is 2.80. The van der Waals surface area contributed by atoms with E-state index in [-0.39, 0.29) is 11.0 Å². The zero-order valence-corrected chi connectivity index (χ0v) is 9.31. The van der Waals surface area contributed by atoms with Gasteiger partial charge in [-0.3, -0.25) is 5.10 Å². The van der Waals surface area contributed by atoms with Crippen LogP contribution in [0.4, 0.5) is 0 Å². The zero-order chi connectivity index (χ0) is 11.8. The minimum absolute atomic E-state index is 0.132. The molecule has 2 aromatic heterocycles.